The van der Waals surface area contributed by atoms with Gasteiger partial charge in [0, 0.05) is 64.0 Å². The highest BCUT2D eigenvalue weighted by molar-refractivity contribution is 6.10. The molecule has 1 aromatic heterocycles. The molecule has 168 valence electrons. The first-order valence-corrected chi connectivity index (χ1v) is 10.8. The topological polar surface area (TPSA) is 91.3 Å². The molecule has 0 aliphatic carbocycles. The van der Waals surface area contributed by atoms with Crippen LogP contribution in [0.5, 0.6) is 0 Å². The molecule has 0 radical (unpaired) electrons. The summed E-state index contributed by atoms with van der Waals surface area (Å²) in [6.07, 6.45) is 0. The normalized spacial score (nSPS) is 14.2. The molecular weight excluding hydrogens is 418 g/mol. The quantitative estimate of drug-likeness (QED) is 0.555. The molecule has 2 aromatic carbocycles. The molecule has 3 aromatic rings. The van der Waals surface area contributed by atoms with Crippen LogP contribution in [0, 0.1) is 11.3 Å². The number of nitriles is 1. The van der Waals surface area contributed by atoms with Crippen LogP contribution >= 0.6 is 0 Å². The third-order valence-corrected chi connectivity index (χ3v) is 6.11. The molecule has 8 heteroatoms. The summed E-state index contributed by atoms with van der Waals surface area (Å²) in [4.78, 5) is 41.8. The van der Waals surface area contributed by atoms with Crippen LogP contribution in [-0.2, 0) is 20.6 Å². The maximum absolute atomic E-state index is 13.1. The molecule has 1 aliphatic rings. The Hall–Kier alpha value is -3.96. The van der Waals surface area contributed by atoms with E-state index in [2.05, 4.69) is 11.0 Å². The number of nitrogens with zero attached hydrogens (tertiary/aromatic N) is 5. The van der Waals surface area contributed by atoms with Gasteiger partial charge in [0.25, 0.3) is 5.56 Å². The molecule has 0 N–H and O–H groups in total. The predicted octanol–water partition coefficient (Wildman–Crippen LogP) is 1.51. The maximum atomic E-state index is 13.1. The van der Waals surface area contributed by atoms with Crippen LogP contribution < -0.4 is 16.1 Å². The van der Waals surface area contributed by atoms with Crippen LogP contribution in [0.15, 0.2) is 64.2 Å². The van der Waals surface area contributed by atoms with Gasteiger partial charge in [-0.1, -0.05) is 36.4 Å². The van der Waals surface area contributed by atoms with Gasteiger partial charge in [-0.15, -0.1) is 0 Å². The van der Waals surface area contributed by atoms with E-state index >= 15 is 0 Å². The fourth-order valence-corrected chi connectivity index (χ4v) is 4.14. The van der Waals surface area contributed by atoms with E-state index < -0.39 is 0 Å². The molecule has 0 spiro atoms. The Balaban J connectivity index is 1.53. The van der Waals surface area contributed by atoms with Crippen molar-refractivity contribution in [1.29, 1.82) is 5.26 Å². The summed E-state index contributed by atoms with van der Waals surface area (Å²) in [5.41, 5.74) is 1.78. The number of carbonyl (C=O) groups is 1. The molecular formula is C25H25N5O3. The number of hydrogen-bond donors (Lipinski definition) is 0. The number of rotatable bonds is 5. The summed E-state index contributed by atoms with van der Waals surface area (Å²) in [5, 5.41) is 9.32. The molecule has 0 bridgehead atoms. The Labute approximate surface area is 191 Å². The van der Waals surface area contributed by atoms with Crippen LogP contribution in [-0.4, -0.2) is 46.0 Å². The minimum Gasteiger partial charge on any atom is -0.355 e. The third kappa shape index (κ3) is 4.49. The first-order valence-electron chi connectivity index (χ1n) is 10.8. The lowest BCUT2D eigenvalue weighted by atomic mass is 9.96. The highest BCUT2D eigenvalue weighted by Crippen LogP contribution is 2.20. The van der Waals surface area contributed by atoms with Gasteiger partial charge >= 0.3 is 5.69 Å². The van der Waals surface area contributed by atoms with Gasteiger partial charge in [-0.2, -0.15) is 5.26 Å². The third-order valence-electron chi connectivity index (χ3n) is 6.11. The van der Waals surface area contributed by atoms with Crippen molar-refractivity contribution in [1.82, 2.24) is 14.0 Å². The lowest BCUT2D eigenvalue weighted by Gasteiger charge is -2.36. The number of anilines is 1. The van der Waals surface area contributed by atoms with Gasteiger partial charge in [0.05, 0.1) is 11.6 Å². The van der Waals surface area contributed by atoms with Crippen LogP contribution in [0.1, 0.15) is 27.0 Å². The number of benzene rings is 2. The number of ketones is 1. The van der Waals surface area contributed by atoms with E-state index in [1.165, 1.54) is 17.7 Å². The van der Waals surface area contributed by atoms with Gasteiger partial charge in [0.15, 0.2) is 5.78 Å². The van der Waals surface area contributed by atoms with Crippen molar-refractivity contribution in [2.24, 2.45) is 14.1 Å². The smallest absolute Gasteiger partial charge is 0.332 e. The molecule has 2 heterocycles. The van der Waals surface area contributed by atoms with E-state index in [0.717, 1.165) is 10.1 Å². The van der Waals surface area contributed by atoms with Crippen molar-refractivity contribution >= 4 is 11.6 Å². The van der Waals surface area contributed by atoms with Crippen molar-refractivity contribution in [3.05, 3.63) is 97.7 Å². The van der Waals surface area contributed by atoms with Crippen LogP contribution in [0.25, 0.3) is 0 Å². The number of hydrogen-bond acceptors (Lipinski definition) is 6. The number of carbonyl (C=O) groups excluding carboxylic acids is 1. The van der Waals surface area contributed by atoms with Crippen molar-refractivity contribution in [3.63, 3.8) is 0 Å². The summed E-state index contributed by atoms with van der Waals surface area (Å²) >= 11 is 0. The molecule has 33 heavy (non-hydrogen) atoms. The molecule has 0 atom stereocenters. The Bertz CT molecular complexity index is 1340. The lowest BCUT2D eigenvalue weighted by molar-refractivity contribution is 0.103. The molecule has 0 saturated carbocycles. The van der Waals surface area contributed by atoms with E-state index in [1.54, 1.807) is 31.3 Å². The van der Waals surface area contributed by atoms with Crippen LogP contribution in [0.3, 0.4) is 0 Å². The second-order valence-electron chi connectivity index (χ2n) is 8.18. The van der Waals surface area contributed by atoms with Gasteiger partial charge in [0.1, 0.15) is 5.82 Å². The molecule has 1 saturated heterocycles. The first-order chi connectivity index (χ1) is 15.9. The monoisotopic (exact) mass is 443 g/mol. The van der Waals surface area contributed by atoms with E-state index in [4.69, 9.17) is 0 Å². The molecule has 1 fully saturated rings. The van der Waals surface area contributed by atoms with Crippen molar-refractivity contribution in [2.75, 3.05) is 31.1 Å². The number of aromatic nitrogens is 2. The highest BCUT2D eigenvalue weighted by atomic mass is 16.2. The van der Waals surface area contributed by atoms with Crippen molar-refractivity contribution in [3.8, 4) is 6.07 Å². The van der Waals surface area contributed by atoms with E-state index in [9.17, 15) is 19.6 Å². The Morgan fingerprint density at radius 1 is 0.939 bits per heavy atom. The van der Waals surface area contributed by atoms with E-state index in [1.807, 2.05) is 29.2 Å². The molecule has 0 unspecified atom stereocenters. The Morgan fingerprint density at radius 3 is 2.30 bits per heavy atom. The Kier molecular flexibility index (Phi) is 6.24. The summed E-state index contributed by atoms with van der Waals surface area (Å²) < 4.78 is 2.59. The summed E-state index contributed by atoms with van der Waals surface area (Å²) in [5.74, 6) is 0.512. The fourth-order valence-electron chi connectivity index (χ4n) is 4.14. The van der Waals surface area contributed by atoms with Gasteiger partial charge in [0.2, 0.25) is 0 Å². The summed E-state index contributed by atoms with van der Waals surface area (Å²) in [7, 11) is 3.14. The summed E-state index contributed by atoms with van der Waals surface area (Å²) in [6, 6.07) is 17.9. The summed E-state index contributed by atoms with van der Waals surface area (Å²) in [6.45, 7) is 3.30. The molecule has 4 rings (SSSR count). The van der Waals surface area contributed by atoms with E-state index in [0.29, 0.717) is 55.2 Å². The molecule has 0 amide bonds. The first kappa shape index (κ1) is 22.2. The zero-order valence-corrected chi connectivity index (χ0v) is 18.7. The fraction of sp³-hybridized carbons (Fsp3) is 0.280. The van der Waals surface area contributed by atoms with Gasteiger partial charge in [-0.25, -0.2) is 4.79 Å². The highest BCUT2D eigenvalue weighted by Gasteiger charge is 2.22. The zero-order chi connectivity index (χ0) is 23.5. The average molecular weight is 444 g/mol. The Morgan fingerprint density at radius 2 is 1.64 bits per heavy atom. The van der Waals surface area contributed by atoms with Gasteiger partial charge in [-0.05, 0) is 17.7 Å². The van der Waals surface area contributed by atoms with E-state index in [-0.39, 0.29) is 17.0 Å². The standard InChI is InChI=1S/C25H25N5O3/c1-27-22(15-23(31)28(2)25(27)33)30-12-10-29(11-13-30)17-20-9-8-18(16-26)14-21(20)24(32)19-6-4-3-5-7-19/h3-9,14-15H,10-13,17H2,1-2H3. The van der Waals surface area contributed by atoms with Crippen molar-refractivity contribution in [2.45, 2.75) is 6.54 Å². The van der Waals surface area contributed by atoms with Crippen LogP contribution in [0.2, 0.25) is 0 Å². The van der Waals surface area contributed by atoms with Crippen LogP contribution in [0.4, 0.5) is 5.82 Å². The second-order valence-corrected chi connectivity index (χ2v) is 8.18. The second kappa shape index (κ2) is 9.27. The van der Waals surface area contributed by atoms with Gasteiger partial charge < -0.3 is 4.90 Å². The predicted molar refractivity (Wildman–Crippen MR) is 125 cm³/mol. The number of piperazine rings is 1. The lowest BCUT2D eigenvalue weighted by Crippen LogP contribution is -2.49. The minimum absolute atomic E-state index is 0.100. The molecule has 1 aliphatic heterocycles. The van der Waals surface area contributed by atoms with Crippen molar-refractivity contribution < 1.29 is 4.79 Å². The average Bonchev–Trinajstić information content (AvgIpc) is 2.86. The molecule has 8 nitrogen and oxygen atoms in total. The zero-order valence-electron chi connectivity index (χ0n) is 18.7. The minimum atomic E-state index is -0.346. The SMILES string of the molecule is Cn1c(N2CCN(Cc3ccc(C#N)cc3C(=O)c3ccccc3)CC2)cc(=O)n(C)c1=O. The largest absolute Gasteiger partial charge is 0.355 e. The van der Waals surface area contributed by atoms with Gasteiger partial charge in [-0.3, -0.25) is 23.6 Å². The maximum Gasteiger partial charge on any atom is 0.332 e.